The molecule has 5 rings (SSSR count). The summed E-state index contributed by atoms with van der Waals surface area (Å²) in [5.74, 6) is 1.14. The summed E-state index contributed by atoms with van der Waals surface area (Å²) in [6.07, 6.45) is 3.95. The Morgan fingerprint density at radius 2 is 1.70 bits per heavy atom. The molecule has 3 heterocycles. The first-order valence-electron chi connectivity index (χ1n) is 16.9. The molecule has 0 saturated carbocycles. The topological polar surface area (TPSA) is 111 Å². The molecule has 11 heteroatoms. The van der Waals surface area contributed by atoms with Crippen molar-refractivity contribution in [3.8, 4) is 5.75 Å². The van der Waals surface area contributed by atoms with Gasteiger partial charge in [0.1, 0.15) is 22.7 Å². The van der Waals surface area contributed by atoms with Gasteiger partial charge in [-0.25, -0.2) is 0 Å². The second-order valence-corrected chi connectivity index (χ2v) is 15.0. The fourth-order valence-corrected chi connectivity index (χ4v) is 6.85. The van der Waals surface area contributed by atoms with Crippen LogP contribution >= 0.6 is 11.8 Å². The molecular weight excluding hydrogens is 611 g/mol. The van der Waals surface area contributed by atoms with Crippen molar-refractivity contribution in [1.82, 2.24) is 4.90 Å². The van der Waals surface area contributed by atoms with Gasteiger partial charge < -0.3 is 15.0 Å². The number of hydrazone groups is 1. The third-order valence-electron chi connectivity index (χ3n) is 9.83. The van der Waals surface area contributed by atoms with Crippen molar-refractivity contribution in [2.24, 2.45) is 20.5 Å². The molecule has 1 saturated heterocycles. The Kier molecular flexibility index (Phi) is 10.4. The number of nitrogens with zero attached hydrogens (tertiary/aromatic N) is 6. The third kappa shape index (κ3) is 7.40. The van der Waals surface area contributed by atoms with Crippen molar-refractivity contribution in [2.45, 2.75) is 116 Å². The Balaban J connectivity index is 1.30. The van der Waals surface area contributed by atoms with Gasteiger partial charge in [0.25, 0.3) is 11.8 Å². The molecule has 2 aromatic carbocycles. The van der Waals surface area contributed by atoms with E-state index < -0.39 is 11.4 Å². The first kappa shape index (κ1) is 34.6. The highest BCUT2D eigenvalue weighted by Crippen LogP contribution is 2.39. The number of carbonyl (C=O) groups excluding carboxylic acids is 2. The van der Waals surface area contributed by atoms with Crippen LogP contribution in [0.4, 0.5) is 11.4 Å². The lowest BCUT2D eigenvalue weighted by molar-refractivity contribution is -0.123. The lowest BCUT2D eigenvalue weighted by atomic mass is 9.76. The minimum atomic E-state index is -0.670. The van der Waals surface area contributed by atoms with E-state index in [0.717, 1.165) is 55.9 Å². The van der Waals surface area contributed by atoms with Crippen LogP contribution in [0.2, 0.25) is 0 Å². The zero-order valence-corrected chi connectivity index (χ0v) is 29.9. The molecule has 3 atom stereocenters. The number of amidine groups is 1. The molecule has 0 radical (unpaired) electrons. The van der Waals surface area contributed by atoms with E-state index in [1.165, 1.54) is 22.3 Å². The average Bonchev–Trinajstić information content (AvgIpc) is 3.82. The number of thioether (sulfide) groups is 1. The summed E-state index contributed by atoms with van der Waals surface area (Å²) in [6.45, 7) is 19.0. The first-order valence-corrected chi connectivity index (χ1v) is 17.8. The maximum atomic E-state index is 13.7. The van der Waals surface area contributed by atoms with Crippen LogP contribution in [0.3, 0.4) is 0 Å². The Bertz CT molecular complexity index is 1560. The second kappa shape index (κ2) is 14.2. The summed E-state index contributed by atoms with van der Waals surface area (Å²) >= 11 is 1.38. The average molecular weight is 660 g/mol. The number of anilines is 2. The summed E-state index contributed by atoms with van der Waals surface area (Å²) in [4.78, 5) is 29.4. The van der Waals surface area contributed by atoms with Gasteiger partial charge in [-0.1, -0.05) is 72.4 Å². The van der Waals surface area contributed by atoms with Gasteiger partial charge in [0.2, 0.25) is 0 Å². The van der Waals surface area contributed by atoms with Gasteiger partial charge in [-0.05, 0) is 91.0 Å². The van der Waals surface area contributed by atoms with E-state index in [9.17, 15) is 9.59 Å². The molecule has 3 aliphatic heterocycles. The van der Waals surface area contributed by atoms with Crippen LogP contribution in [0.5, 0.6) is 5.75 Å². The Morgan fingerprint density at radius 1 is 1.02 bits per heavy atom. The fraction of sp³-hybridized carbons (Fsp3) is 0.556. The van der Waals surface area contributed by atoms with Crippen molar-refractivity contribution in [2.75, 3.05) is 23.4 Å². The fourth-order valence-electron chi connectivity index (χ4n) is 5.77. The van der Waals surface area contributed by atoms with E-state index in [2.05, 4.69) is 79.3 Å². The lowest BCUT2D eigenvalue weighted by Crippen LogP contribution is -2.38. The number of hydrogen-bond donors (Lipinski definition) is 1. The molecule has 0 spiro atoms. The van der Waals surface area contributed by atoms with Crippen LogP contribution in [0.15, 0.2) is 63.0 Å². The second-order valence-electron chi connectivity index (χ2n) is 13.9. The minimum Gasteiger partial charge on any atom is -0.480 e. The number of nitrogens with one attached hydrogen (secondary N) is 1. The van der Waals surface area contributed by atoms with E-state index in [0.29, 0.717) is 22.8 Å². The molecule has 10 nitrogen and oxygen atoms in total. The highest BCUT2D eigenvalue weighted by atomic mass is 32.2. The van der Waals surface area contributed by atoms with Crippen LogP contribution in [0.1, 0.15) is 98.6 Å². The van der Waals surface area contributed by atoms with Crippen molar-refractivity contribution >= 4 is 45.8 Å². The maximum absolute atomic E-state index is 13.7. The Labute approximate surface area is 283 Å². The smallest absolute Gasteiger partial charge is 0.268 e. The molecular formula is C36H49N7O3S. The molecule has 2 amide bonds. The summed E-state index contributed by atoms with van der Waals surface area (Å²) in [5.41, 5.74) is 3.57. The van der Waals surface area contributed by atoms with Crippen LogP contribution < -0.4 is 15.1 Å². The number of ether oxygens (including phenoxy) is 1. The van der Waals surface area contributed by atoms with Crippen LogP contribution in [0, 0.1) is 0 Å². The SMILES string of the molecule is CCC(Oc1ccc(C(C)(C)CC)cc1C(C)(C)CC)C(=O)Nc1ccc(N2N=C(N3CCCC3)C(SC3=NN=NC3C)C2=O)cc1. The van der Waals surface area contributed by atoms with Crippen LogP contribution in [0.25, 0.3) is 0 Å². The lowest BCUT2D eigenvalue weighted by Gasteiger charge is -2.31. The number of benzene rings is 2. The van der Waals surface area contributed by atoms with Crippen molar-refractivity contribution in [3.63, 3.8) is 0 Å². The zero-order valence-electron chi connectivity index (χ0n) is 29.0. The van der Waals surface area contributed by atoms with E-state index in [-0.39, 0.29) is 28.7 Å². The van der Waals surface area contributed by atoms with Crippen LogP contribution in [-0.2, 0) is 20.4 Å². The van der Waals surface area contributed by atoms with Crippen molar-refractivity contribution in [1.29, 1.82) is 0 Å². The van der Waals surface area contributed by atoms with Crippen LogP contribution in [-0.4, -0.2) is 58.1 Å². The number of likely N-dealkylation sites (tertiary alicyclic amines) is 1. The molecule has 1 fully saturated rings. The molecule has 0 aliphatic carbocycles. The normalized spacial score (nSPS) is 20.5. The molecule has 2 aromatic rings. The number of amides is 2. The standard InChI is InChI=1S/C36H49N7O3S/c1-9-28(46-29-19-14-24(35(5,6)10-2)22-27(29)36(7,8)11-3)32(44)37-25-15-17-26(18-16-25)43-34(45)30(47-33-23(4)38-41-39-33)31(40-43)42-20-12-13-21-42/h14-19,22-23,28,30H,9-13,20-21H2,1-8H3,(H,37,44). The summed E-state index contributed by atoms with van der Waals surface area (Å²) < 4.78 is 6.46. The number of carbonyl (C=O) groups is 2. The van der Waals surface area contributed by atoms with E-state index in [4.69, 9.17) is 9.84 Å². The molecule has 47 heavy (non-hydrogen) atoms. The van der Waals surface area contributed by atoms with Gasteiger partial charge in [-0.2, -0.15) is 15.2 Å². The third-order valence-corrected chi connectivity index (χ3v) is 11.1. The highest BCUT2D eigenvalue weighted by molar-refractivity contribution is 8.15. The first-order chi connectivity index (χ1) is 22.4. The van der Waals surface area contributed by atoms with Gasteiger partial charge in [0.15, 0.2) is 11.4 Å². The number of hydrogen-bond acceptors (Lipinski definition) is 9. The molecule has 0 bridgehead atoms. The monoisotopic (exact) mass is 659 g/mol. The molecule has 1 N–H and O–H groups in total. The molecule has 3 unspecified atom stereocenters. The van der Waals surface area contributed by atoms with Gasteiger partial charge in [-0.15, -0.1) is 5.10 Å². The maximum Gasteiger partial charge on any atom is 0.268 e. The summed E-state index contributed by atoms with van der Waals surface area (Å²) in [6, 6.07) is 13.5. The predicted molar refractivity (Wildman–Crippen MR) is 192 cm³/mol. The van der Waals surface area contributed by atoms with Crippen molar-refractivity contribution < 1.29 is 14.3 Å². The summed E-state index contributed by atoms with van der Waals surface area (Å²) in [5, 5.41) is 21.5. The number of rotatable bonds is 11. The van der Waals surface area contributed by atoms with Gasteiger partial charge in [0.05, 0.1) is 5.69 Å². The van der Waals surface area contributed by atoms with E-state index >= 15 is 0 Å². The zero-order chi connectivity index (χ0) is 33.9. The van der Waals surface area contributed by atoms with E-state index in [1.54, 1.807) is 12.1 Å². The van der Waals surface area contributed by atoms with Gasteiger partial charge in [0, 0.05) is 24.3 Å². The van der Waals surface area contributed by atoms with Gasteiger partial charge in [-0.3, -0.25) is 9.59 Å². The highest BCUT2D eigenvalue weighted by Gasteiger charge is 2.42. The quantitative estimate of drug-likeness (QED) is 0.264. The molecule has 3 aliphatic rings. The Hall–Kier alpha value is -3.73. The molecule has 252 valence electrons. The largest absolute Gasteiger partial charge is 0.480 e. The predicted octanol–water partition coefficient (Wildman–Crippen LogP) is 7.88. The minimum absolute atomic E-state index is 0.0427. The summed E-state index contributed by atoms with van der Waals surface area (Å²) in [7, 11) is 0. The van der Waals surface area contributed by atoms with E-state index in [1.807, 2.05) is 32.0 Å². The Morgan fingerprint density at radius 3 is 2.30 bits per heavy atom. The van der Waals surface area contributed by atoms with Gasteiger partial charge >= 0.3 is 0 Å². The molecule has 0 aromatic heterocycles. The van der Waals surface area contributed by atoms with Crippen molar-refractivity contribution in [3.05, 3.63) is 53.6 Å².